The van der Waals surface area contributed by atoms with Crippen molar-refractivity contribution in [3.05, 3.63) is 17.0 Å². The lowest BCUT2D eigenvalue weighted by Gasteiger charge is -2.18. The van der Waals surface area contributed by atoms with Gasteiger partial charge >= 0.3 is 5.97 Å². The Morgan fingerprint density at radius 1 is 1.50 bits per heavy atom. The van der Waals surface area contributed by atoms with Crippen molar-refractivity contribution in [2.75, 3.05) is 6.61 Å². The Hall–Kier alpha value is -0.960. The molecule has 8 heteroatoms. The zero-order valence-electron chi connectivity index (χ0n) is 9.95. The van der Waals surface area contributed by atoms with E-state index in [1.165, 1.54) is 5.38 Å². The first-order valence-corrected chi connectivity index (χ1v) is 7.59. The topological polar surface area (TPSA) is 104 Å². The number of aliphatic hydroxyl groups is 1. The molecule has 6 nitrogen and oxygen atoms in total. The molecular formula is C10H15NO5S2. The summed E-state index contributed by atoms with van der Waals surface area (Å²) in [6.45, 7) is 3.23. The number of hydrogen-bond acceptors (Lipinski definition) is 5. The van der Waals surface area contributed by atoms with Gasteiger partial charge in [0.15, 0.2) is 0 Å². The molecule has 1 rings (SSSR count). The minimum atomic E-state index is -3.73. The maximum atomic E-state index is 11.9. The Kier molecular flexibility index (Phi) is 4.85. The van der Waals surface area contributed by atoms with Crippen molar-refractivity contribution in [3.63, 3.8) is 0 Å². The maximum absolute atomic E-state index is 11.9. The summed E-state index contributed by atoms with van der Waals surface area (Å²) in [4.78, 5) is 10.7. The summed E-state index contributed by atoms with van der Waals surface area (Å²) in [6.07, 6.45) is 0. The molecule has 3 N–H and O–H groups in total. The van der Waals surface area contributed by atoms with Gasteiger partial charge in [0.25, 0.3) is 0 Å². The number of carboxylic acid groups (broad SMARTS) is 1. The lowest BCUT2D eigenvalue weighted by Crippen LogP contribution is -2.37. The van der Waals surface area contributed by atoms with Crippen molar-refractivity contribution < 1.29 is 23.4 Å². The zero-order valence-corrected chi connectivity index (χ0v) is 11.6. The van der Waals surface area contributed by atoms with E-state index >= 15 is 0 Å². The third kappa shape index (κ3) is 3.52. The second-order valence-corrected chi connectivity index (χ2v) is 6.88. The normalized spacial score (nSPS) is 15.3. The van der Waals surface area contributed by atoms with E-state index in [0.29, 0.717) is 0 Å². The van der Waals surface area contributed by atoms with Gasteiger partial charge in [0, 0.05) is 18.0 Å². The van der Waals surface area contributed by atoms with Crippen molar-refractivity contribution >= 4 is 27.3 Å². The summed E-state index contributed by atoms with van der Waals surface area (Å²) in [6, 6.07) is 0.682. The van der Waals surface area contributed by atoms with Gasteiger partial charge in [0.05, 0.1) is 5.56 Å². The second-order valence-electron chi connectivity index (χ2n) is 4.03. The summed E-state index contributed by atoms with van der Waals surface area (Å²) >= 11 is 0.852. The van der Waals surface area contributed by atoms with E-state index in [0.717, 1.165) is 17.4 Å². The molecule has 102 valence electrons. The summed E-state index contributed by atoms with van der Waals surface area (Å²) in [5.74, 6) is -1.39. The molecule has 1 heterocycles. The molecule has 0 aliphatic carbocycles. The monoisotopic (exact) mass is 293 g/mol. The molecule has 0 spiro atoms. The maximum Gasteiger partial charge on any atom is 0.336 e. The Morgan fingerprint density at radius 3 is 2.56 bits per heavy atom. The highest BCUT2D eigenvalue weighted by Crippen LogP contribution is 2.21. The van der Waals surface area contributed by atoms with Crippen LogP contribution < -0.4 is 4.72 Å². The van der Waals surface area contributed by atoms with Crippen LogP contribution in [0.2, 0.25) is 0 Å². The van der Waals surface area contributed by atoms with Gasteiger partial charge in [-0.3, -0.25) is 0 Å². The number of aliphatic hydroxyl groups excluding tert-OH is 1. The molecule has 0 amide bonds. The third-order valence-electron chi connectivity index (χ3n) is 2.57. The largest absolute Gasteiger partial charge is 0.478 e. The van der Waals surface area contributed by atoms with Crippen LogP contribution in [0.4, 0.5) is 0 Å². The molecule has 18 heavy (non-hydrogen) atoms. The average Bonchev–Trinajstić information content (AvgIpc) is 2.77. The van der Waals surface area contributed by atoms with Crippen LogP contribution in [0, 0.1) is 5.92 Å². The Labute approximate surface area is 109 Å². The second kappa shape index (κ2) is 5.79. The number of carboxylic acids is 1. The fourth-order valence-electron chi connectivity index (χ4n) is 1.15. The van der Waals surface area contributed by atoms with E-state index in [1.807, 2.05) is 0 Å². The molecule has 0 bridgehead atoms. The third-order valence-corrected chi connectivity index (χ3v) is 5.57. The summed E-state index contributed by atoms with van der Waals surface area (Å²) in [5.41, 5.74) is -0.0526. The lowest BCUT2D eigenvalue weighted by molar-refractivity contribution is 0.0697. The van der Waals surface area contributed by atoms with Gasteiger partial charge in [0.1, 0.15) is 4.21 Å². The molecule has 1 aromatic heterocycles. The lowest BCUT2D eigenvalue weighted by atomic mass is 10.1. The number of thiophene rings is 1. The van der Waals surface area contributed by atoms with Crippen molar-refractivity contribution in [2.24, 2.45) is 5.92 Å². The van der Waals surface area contributed by atoms with E-state index in [2.05, 4.69) is 4.72 Å². The quantitative estimate of drug-likeness (QED) is 0.717. The minimum Gasteiger partial charge on any atom is -0.478 e. The number of sulfonamides is 1. The van der Waals surface area contributed by atoms with Crippen LogP contribution in [0.5, 0.6) is 0 Å². The van der Waals surface area contributed by atoms with Crippen LogP contribution in [0.3, 0.4) is 0 Å². The van der Waals surface area contributed by atoms with Gasteiger partial charge in [-0.2, -0.15) is 0 Å². The fraction of sp³-hybridized carbons (Fsp3) is 0.500. The van der Waals surface area contributed by atoms with E-state index in [-0.39, 0.29) is 22.3 Å². The van der Waals surface area contributed by atoms with Crippen molar-refractivity contribution in [3.8, 4) is 0 Å². The molecular weight excluding hydrogens is 278 g/mol. The molecule has 0 fully saturated rings. The molecule has 0 radical (unpaired) electrons. The highest BCUT2D eigenvalue weighted by Gasteiger charge is 2.23. The first-order valence-electron chi connectivity index (χ1n) is 5.23. The predicted molar refractivity (Wildman–Crippen MR) is 67.3 cm³/mol. The van der Waals surface area contributed by atoms with E-state index in [4.69, 9.17) is 10.2 Å². The van der Waals surface area contributed by atoms with Gasteiger partial charge in [0.2, 0.25) is 10.0 Å². The zero-order chi connectivity index (χ0) is 13.9. The number of rotatable bonds is 6. The molecule has 2 unspecified atom stereocenters. The van der Waals surface area contributed by atoms with Crippen LogP contribution in [0.1, 0.15) is 24.2 Å². The minimum absolute atomic E-state index is 0.0445. The number of aromatic carboxylic acids is 1. The number of hydrogen-bond donors (Lipinski definition) is 3. The summed E-state index contributed by atoms with van der Waals surface area (Å²) < 4.78 is 26.2. The molecule has 2 atom stereocenters. The van der Waals surface area contributed by atoms with Crippen LogP contribution >= 0.6 is 11.3 Å². The predicted octanol–water partition coefficient (Wildman–Crippen LogP) is 0.742. The van der Waals surface area contributed by atoms with Crippen LogP contribution in [-0.2, 0) is 10.0 Å². The van der Waals surface area contributed by atoms with Crippen molar-refractivity contribution in [1.82, 2.24) is 4.72 Å². The van der Waals surface area contributed by atoms with Gasteiger partial charge in [-0.15, -0.1) is 11.3 Å². The van der Waals surface area contributed by atoms with E-state index in [1.54, 1.807) is 13.8 Å². The molecule has 0 aromatic carbocycles. The van der Waals surface area contributed by atoms with Crippen LogP contribution in [-0.4, -0.2) is 37.2 Å². The average molecular weight is 293 g/mol. The van der Waals surface area contributed by atoms with Crippen molar-refractivity contribution in [1.29, 1.82) is 0 Å². The smallest absolute Gasteiger partial charge is 0.336 e. The number of nitrogens with one attached hydrogen (secondary N) is 1. The molecule has 0 aliphatic heterocycles. The SMILES string of the molecule is CC(CO)C(C)NS(=O)(=O)c1cc(C(=O)O)cs1. The summed E-state index contributed by atoms with van der Waals surface area (Å²) in [5, 5.41) is 18.9. The Morgan fingerprint density at radius 2 is 2.11 bits per heavy atom. The Bertz CT molecular complexity index is 522. The van der Waals surface area contributed by atoms with E-state index < -0.39 is 22.0 Å². The van der Waals surface area contributed by atoms with E-state index in [9.17, 15) is 13.2 Å². The highest BCUT2D eigenvalue weighted by molar-refractivity contribution is 7.91. The van der Waals surface area contributed by atoms with Crippen LogP contribution in [0.25, 0.3) is 0 Å². The van der Waals surface area contributed by atoms with Crippen LogP contribution in [0.15, 0.2) is 15.7 Å². The van der Waals surface area contributed by atoms with Gasteiger partial charge in [-0.1, -0.05) is 6.92 Å². The Balaban J connectivity index is 2.89. The fourth-order valence-corrected chi connectivity index (χ4v) is 3.67. The highest BCUT2D eigenvalue weighted by atomic mass is 32.2. The van der Waals surface area contributed by atoms with Crippen molar-refractivity contribution in [2.45, 2.75) is 24.1 Å². The first-order chi connectivity index (χ1) is 8.27. The number of carbonyl (C=O) groups is 1. The first kappa shape index (κ1) is 15.1. The van der Waals surface area contributed by atoms with Gasteiger partial charge in [-0.05, 0) is 18.9 Å². The summed E-state index contributed by atoms with van der Waals surface area (Å²) in [7, 11) is -3.73. The standard InChI is InChI=1S/C10H15NO5S2/c1-6(4-12)7(2)11-18(15,16)9-3-8(5-17-9)10(13)14/h3,5-7,11-12H,4H2,1-2H3,(H,13,14). The van der Waals surface area contributed by atoms with Gasteiger partial charge < -0.3 is 10.2 Å². The molecule has 0 aliphatic rings. The molecule has 0 saturated carbocycles. The molecule has 1 aromatic rings. The van der Waals surface area contributed by atoms with Gasteiger partial charge in [-0.25, -0.2) is 17.9 Å². The molecule has 0 saturated heterocycles.